The van der Waals surface area contributed by atoms with Gasteiger partial charge in [0.2, 0.25) is 13.2 Å². The number of hydrogen-bond acceptors (Lipinski definition) is 6. The minimum absolute atomic E-state index is 0.0409. The fourth-order valence-corrected chi connectivity index (χ4v) is 9.83. The van der Waals surface area contributed by atoms with E-state index in [-0.39, 0.29) is 11.1 Å². The summed E-state index contributed by atoms with van der Waals surface area (Å²) in [5, 5.41) is 16.0. The van der Waals surface area contributed by atoms with Crippen molar-refractivity contribution in [2.24, 2.45) is 0 Å². The van der Waals surface area contributed by atoms with Gasteiger partial charge in [0.25, 0.3) is 5.72 Å². The average Bonchev–Trinajstić information content (AvgIpc) is 3.12. The Morgan fingerprint density at radius 3 is 1.29 bits per heavy atom. The van der Waals surface area contributed by atoms with Crippen LogP contribution in [0.4, 0.5) is 9.59 Å². The fraction of sp³-hybridized carbons (Fsp3) is 0.175. The number of ether oxygens (including phenoxy) is 2. The van der Waals surface area contributed by atoms with Crippen molar-refractivity contribution in [1.82, 2.24) is 9.79 Å². The smallest absolute Gasteiger partial charge is 0.445 e. The zero-order valence-electron chi connectivity index (χ0n) is 27.9. The van der Waals surface area contributed by atoms with E-state index in [2.05, 4.69) is 0 Å². The van der Waals surface area contributed by atoms with Crippen LogP contribution in [0.1, 0.15) is 43.6 Å². The molecule has 0 radical (unpaired) electrons. The molecule has 1 N–H and O–H groups in total. The van der Waals surface area contributed by atoms with Crippen LogP contribution in [0.3, 0.4) is 0 Å². The largest absolute Gasteiger partial charge is 0.463 e. The van der Waals surface area contributed by atoms with Crippen molar-refractivity contribution in [1.29, 1.82) is 0 Å². The lowest BCUT2D eigenvalue weighted by molar-refractivity contribution is -0.134. The molecule has 0 bridgehead atoms. The number of hydrogen-bond donors (Lipinski definition) is 1. The van der Waals surface area contributed by atoms with Crippen molar-refractivity contribution in [3.05, 3.63) is 163 Å². The summed E-state index contributed by atoms with van der Waals surface area (Å²) in [6.07, 6.45) is -3.42. The van der Waals surface area contributed by atoms with E-state index in [4.69, 9.17) is 9.47 Å². The van der Waals surface area contributed by atoms with Crippen LogP contribution in [-0.2, 0) is 15.2 Å². The van der Waals surface area contributed by atoms with Crippen LogP contribution in [0.5, 0.6) is 0 Å². The van der Waals surface area contributed by atoms with Crippen molar-refractivity contribution < 1.29 is 29.0 Å². The van der Waals surface area contributed by atoms with E-state index < -0.39 is 43.3 Å². The minimum atomic E-state index is -3.61. The number of hydrazine groups is 1. The normalized spacial score (nSPS) is 12.6. The van der Waals surface area contributed by atoms with Crippen molar-refractivity contribution in [3.63, 3.8) is 0 Å². The Hall–Kier alpha value is -5.30. The highest BCUT2D eigenvalue weighted by Gasteiger charge is 2.65. The van der Waals surface area contributed by atoms with Gasteiger partial charge in [-0.2, -0.15) is 0 Å². The molecular weight excluding hydrogens is 635 g/mol. The number of carbonyl (C=O) groups excluding carboxylic acids is 3. The van der Waals surface area contributed by atoms with Gasteiger partial charge >= 0.3 is 12.2 Å². The average molecular weight is 676 g/mol. The lowest BCUT2D eigenvalue weighted by Gasteiger charge is -2.46. The second kappa shape index (κ2) is 15.3. The van der Waals surface area contributed by atoms with Crippen LogP contribution in [0, 0.1) is 0 Å². The summed E-state index contributed by atoms with van der Waals surface area (Å²) in [4.78, 5) is 44.8. The van der Waals surface area contributed by atoms with E-state index in [1.807, 2.05) is 91.0 Å². The van der Waals surface area contributed by atoms with Gasteiger partial charge in [-0.1, -0.05) is 120 Å². The third kappa shape index (κ3) is 6.98. The molecule has 0 fully saturated rings. The van der Waals surface area contributed by atoms with E-state index in [0.717, 1.165) is 9.79 Å². The molecule has 8 nitrogen and oxygen atoms in total. The highest BCUT2D eigenvalue weighted by Crippen LogP contribution is 2.61. The van der Waals surface area contributed by atoms with E-state index in [1.165, 1.54) is 12.1 Å². The van der Waals surface area contributed by atoms with Gasteiger partial charge in [0.15, 0.2) is 0 Å². The number of Topliss-reactive ketones (excluding diaryl/α,β-unsaturated/α-hetero) is 1. The quantitative estimate of drug-likeness (QED) is 0.0727. The van der Waals surface area contributed by atoms with Gasteiger partial charge in [0.05, 0.1) is 12.2 Å². The molecule has 9 heteroatoms. The number of ketones is 1. The number of aliphatic hydroxyl groups is 1. The summed E-state index contributed by atoms with van der Waals surface area (Å²) in [5.74, 6) is -0.852. The summed E-state index contributed by atoms with van der Waals surface area (Å²) in [6.45, 7) is 6.70. The monoisotopic (exact) mass is 675 g/mol. The maximum Gasteiger partial charge on any atom is 0.463 e. The van der Waals surface area contributed by atoms with Crippen LogP contribution in [0.2, 0.25) is 0 Å². The predicted octanol–water partition coefficient (Wildman–Crippen LogP) is 7.23. The molecule has 5 aromatic rings. The molecule has 0 spiro atoms. The maximum absolute atomic E-state index is 15.0. The van der Waals surface area contributed by atoms with Gasteiger partial charge in [-0.25, -0.2) is 9.59 Å². The standard InChI is InChI=1S/C40H40N2O6P/c1-30(2)47-38(44)41(40(46,33-22-12-6-13-23-33)37(43)32-20-10-5-11-21-32)42(39(45)48-31(3)4)49(34-24-14-7-15-25-34,35-26-16-8-17-27-35)36-28-18-9-19-29-36/h5-31,46H,1-4H3/q+1. The first kappa shape index (κ1) is 35.0. The Morgan fingerprint density at radius 2 is 0.898 bits per heavy atom. The first-order valence-corrected chi connectivity index (χ1v) is 17.8. The van der Waals surface area contributed by atoms with Crippen LogP contribution < -0.4 is 15.9 Å². The Labute approximate surface area is 287 Å². The van der Waals surface area contributed by atoms with Crippen molar-refractivity contribution in [2.45, 2.75) is 45.6 Å². The zero-order valence-corrected chi connectivity index (χ0v) is 28.8. The highest BCUT2D eigenvalue weighted by molar-refractivity contribution is 7.94. The lowest BCUT2D eigenvalue weighted by Crippen LogP contribution is -2.66. The number of benzene rings is 5. The Kier molecular flexibility index (Phi) is 10.9. The van der Waals surface area contributed by atoms with Crippen LogP contribution in [-0.4, -0.2) is 45.1 Å². The molecule has 0 aliphatic rings. The molecule has 0 heterocycles. The number of amides is 2. The van der Waals surface area contributed by atoms with E-state index >= 15 is 4.79 Å². The van der Waals surface area contributed by atoms with Gasteiger partial charge in [-0.05, 0) is 64.1 Å². The molecule has 0 aliphatic heterocycles. The summed E-state index contributed by atoms with van der Waals surface area (Å²) in [7, 11) is -3.61. The Morgan fingerprint density at radius 1 is 0.551 bits per heavy atom. The van der Waals surface area contributed by atoms with Crippen LogP contribution in [0.25, 0.3) is 0 Å². The van der Waals surface area contributed by atoms with E-state index in [1.54, 1.807) is 76.2 Å². The lowest BCUT2D eigenvalue weighted by atomic mass is 9.93. The number of rotatable bonds is 10. The summed E-state index contributed by atoms with van der Waals surface area (Å²) in [6, 6.07) is 44.1. The van der Waals surface area contributed by atoms with E-state index in [9.17, 15) is 14.7 Å². The Bertz CT molecular complexity index is 1740. The SMILES string of the molecule is CC(C)OC(=O)N(N(C(=O)OC(C)C)[P+](c1ccccc1)(c1ccccc1)c1ccccc1)C(O)(C(=O)c1ccccc1)c1ccccc1. The van der Waals surface area contributed by atoms with Crippen LogP contribution >= 0.6 is 7.41 Å². The predicted molar refractivity (Wildman–Crippen MR) is 193 cm³/mol. The Balaban J connectivity index is 2.00. The number of nitrogens with zero attached hydrogens (tertiary/aromatic N) is 2. The first-order chi connectivity index (χ1) is 23.6. The zero-order chi connectivity index (χ0) is 35.0. The van der Waals surface area contributed by atoms with E-state index in [0.29, 0.717) is 15.9 Å². The second-order valence-electron chi connectivity index (χ2n) is 11.8. The fourth-order valence-electron chi connectivity index (χ4n) is 5.70. The molecule has 2 amide bonds. The maximum atomic E-state index is 15.0. The molecular formula is C40H40N2O6P+. The second-order valence-corrected chi connectivity index (χ2v) is 15.0. The third-order valence-corrected chi connectivity index (χ3v) is 11.8. The van der Waals surface area contributed by atoms with Crippen LogP contribution in [0.15, 0.2) is 152 Å². The van der Waals surface area contributed by atoms with Gasteiger partial charge in [-0.15, -0.1) is 5.01 Å². The first-order valence-electron chi connectivity index (χ1n) is 16.1. The molecule has 1 unspecified atom stereocenters. The molecule has 0 aliphatic carbocycles. The number of carbonyl (C=O) groups is 3. The van der Waals surface area contributed by atoms with Crippen molar-refractivity contribution in [3.8, 4) is 0 Å². The van der Waals surface area contributed by atoms with Gasteiger partial charge in [-0.3, -0.25) is 4.79 Å². The summed E-state index contributed by atoms with van der Waals surface area (Å²) >= 11 is 0. The molecule has 250 valence electrons. The third-order valence-electron chi connectivity index (χ3n) is 7.71. The molecule has 5 aromatic carbocycles. The highest BCUT2D eigenvalue weighted by atomic mass is 31.2. The molecule has 0 saturated heterocycles. The molecule has 0 aromatic heterocycles. The molecule has 0 saturated carbocycles. The minimum Gasteiger partial charge on any atom is -0.445 e. The topological polar surface area (TPSA) is 96.4 Å². The van der Waals surface area contributed by atoms with Gasteiger partial charge in [0, 0.05) is 11.1 Å². The van der Waals surface area contributed by atoms with Crippen molar-refractivity contribution in [2.75, 3.05) is 0 Å². The van der Waals surface area contributed by atoms with Crippen molar-refractivity contribution >= 4 is 41.3 Å². The molecule has 1 atom stereocenters. The van der Waals surface area contributed by atoms with Gasteiger partial charge < -0.3 is 14.6 Å². The van der Waals surface area contributed by atoms with Gasteiger partial charge in [0.1, 0.15) is 15.9 Å². The molecule has 5 rings (SSSR count). The summed E-state index contributed by atoms with van der Waals surface area (Å²) < 4.78 is 13.0. The molecule has 49 heavy (non-hydrogen) atoms. The summed E-state index contributed by atoms with van der Waals surface area (Å²) in [5.41, 5.74) is -2.66.